The number of isothiocyanates is 1. The number of benzene rings is 3. The number of carbonyl (C=O) groups is 1. The third kappa shape index (κ3) is 5.02. The molecule has 178 valence electrons. The van der Waals surface area contributed by atoms with Crippen molar-refractivity contribution in [3.05, 3.63) is 89.6 Å². The van der Waals surface area contributed by atoms with Gasteiger partial charge in [0.25, 0.3) is 0 Å². The zero-order valence-corrected chi connectivity index (χ0v) is 20.7. The Morgan fingerprint density at radius 3 is 2.43 bits per heavy atom. The van der Waals surface area contributed by atoms with E-state index in [1.165, 1.54) is 18.2 Å². The molecule has 0 amide bonds. The number of rotatable bonds is 8. The number of ether oxygens (including phenoxy) is 1. The summed E-state index contributed by atoms with van der Waals surface area (Å²) >= 11 is 4.76. The van der Waals surface area contributed by atoms with Gasteiger partial charge in [0, 0.05) is 11.1 Å². The molecule has 0 saturated carbocycles. The van der Waals surface area contributed by atoms with Gasteiger partial charge in [-0.2, -0.15) is 8.42 Å². The average molecular weight is 507 g/mol. The number of para-hydroxylation sites is 1. The number of nitrogens with zero attached hydrogens (tertiary/aromatic N) is 2. The molecule has 0 aliphatic heterocycles. The maximum absolute atomic E-state index is 13.1. The standard InChI is InChI=1S/C26H22N2O5S2/c1-3-32-26(29)25-22-15-20(33-35(30,31)21-12-9-18(2)10-13-21)11-14-23(22)28(24(25)16-27-17-34)19-7-5-4-6-8-19/h4-15H,3,16H2,1-2H3. The van der Waals surface area contributed by atoms with Gasteiger partial charge in [-0.25, -0.2) is 9.79 Å². The number of aliphatic imine (C=N–C) groups is 1. The Morgan fingerprint density at radius 2 is 1.77 bits per heavy atom. The zero-order valence-electron chi connectivity index (χ0n) is 19.1. The molecule has 0 unspecified atom stereocenters. The van der Waals surface area contributed by atoms with Crippen LogP contribution >= 0.6 is 12.2 Å². The highest BCUT2D eigenvalue weighted by atomic mass is 32.2. The summed E-state index contributed by atoms with van der Waals surface area (Å²) in [6, 6.07) is 20.6. The fraction of sp³-hybridized carbons (Fsp3) is 0.154. The average Bonchev–Trinajstić information content (AvgIpc) is 3.16. The summed E-state index contributed by atoms with van der Waals surface area (Å²) in [5.41, 5.74) is 3.19. The molecular weight excluding hydrogens is 484 g/mol. The van der Waals surface area contributed by atoms with Crippen molar-refractivity contribution in [1.82, 2.24) is 4.57 Å². The van der Waals surface area contributed by atoms with Crippen LogP contribution in [0.3, 0.4) is 0 Å². The second-order valence-corrected chi connectivity index (χ2v) is 9.38. The first-order valence-electron chi connectivity index (χ1n) is 10.8. The first-order valence-corrected chi connectivity index (χ1v) is 12.6. The van der Waals surface area contributed by atoms with Gasteiger partial charge < -0.3 is 13.5 Å². The normalized spacial score (nSPS) is 11.1. The highest BCUT2D eigenvalue weighted by Crippen LogP contribution is 2.34. The first-order chi connectivity index (χ1) is 16.9. The van der Waals surface area contributed by atoms with Crippen LogP contribution in [0.4, 0.5) is 0 Å². The Morgan fingerprint density at radius 1 is 1.06 bits per heavy atom. The number of aromatic nitrogens is 1. The number of esters is 1. The van der Waals surface area contributed by atoms with Gasteiger partial charge in [-0.3, -0.25) is 0 Å². The largest absolute Gasteiger partial charge is 0.462 e. The van der Waals surface area contributed by atoms with E-state index in [0.29, 0.717) is 16.6 Å². The van der Waals surface area contributed by atoms with Crippen LogP contribution in [0.15, 0.2) is 82.7 Å². The second-order valence-electron chi connectivity index (χ2n) is 7.65. The molecule has 0 atom stereocenters. The Balaban J connectivity index is 1.92. The van der Waals surface area contributed by atoms with E-state index in [9.17, 15) is 13.2 Å². The van der Waals surface area contributed by atoms with Crippen LogP contribution in [-0.2, 0) is 21.4 Å². The topological polar surface area (TPSA) is 87.0 Å². The summed E-state index contributed by atoms with van der Waals surface area (Å²) in [7, 11) is -4.08. The third-order valence-corrected chi connectivity index (χ3v) is 6.73. The smallest absolute Gasteiger partial charge is 0.340 e. The predicted molar refractivity (Wildman–Crippen MR) is 137 cm³/mol. The summed E-state index contributed by atoms with van der Waals surface area (Å²) in [6.07, 6.45) is 0. The fourth-order valence-corrected chi connectivity index (χ4v) is 4.80. The minimum Gasteiger partial charge on any atom is -0.462 e. The Kier molecular flexibility index (Phi) is 7.12. The molecule has 9 heteroatoms. The summed E-state index contributed by atoms with van der Waals surface area (Å²) in [5.74, 6) is -0.487. The van der Waals surface area contributed by atoms with Crippen molar-refractivity contribution in [2.45, 2.75) is 25.3 Å². The van der Waals surface area contributed by atoms with E-state index >= 15 is 0 Å². The van der Waals surface area contributed by atoms with Crippen LogP contribution in [0.1, 0.15) is 28.5 Å². The lowest BCUT2D eigenvalue weighted by Gasteiger charge is -2.10. The van der Waals surface area contributed by atoms with E-state index < -0.39 is 16.1 Å². The van der Waals surface area contributed by atoms with E-state index in [0.717, 1.165) is 11.3 Å². The lowest BCUT2D eigenvalue weighted by molar-refractivity contribution is 0.0527. The minimum atomic E-state index is -4.08. The van der Waals surface area contributed by atoms with Crippen LogP contribution in [0, 0.1) is 6.92 Å². The van der Waals surface area contributed by atoms with E-state index in [4.69, 9.17) is 21.1 Å². The first kappa shape index (κ1) is 24.3. The molecule has 0 fully saturated rings. The molecule has 0 bridgehead atoms. The lowest BCUT2D eigenvalue weighted by atomic mass is 10.1. The van der Waals surface area contributed by atoms with Gasteiger partial charge in [0.15, 0.2) is 0 Å². The van der Waals surface area contributed by atoms with E-state index in [2.05, 4.69) is 10.2 Å². The minimum absolute atomic E-state index is 0.0340. The van der Waals surface area contributed by atoms with Crippen molar-refractivity contribution in [2.24, 2.45) is 4.99 Å². The van der Waals surface area contributed by atoms with Crippen LogP contribution in [0.5, 0.6) is 5.75 Å². The van der Waals surface area contributed by atoms with E-state index in [1.54, 1.807) is 31.2 Å². The number of thiocarbonyl (C=S) groups is 1. The lowest BCUT2D eigenvalue weighted by Crippen LogP contribution is -2.10. The quantitative estimate of drug-likeness (QED) is 0.136. The van der Waals surface area contributed by atoms with Crippen molar-refractivity contribution >= 4 is 44.4 Å². The summed E-state index contributed by atoms with van der Waals surface area (Å²) in [6.45, 7) is 3.83. The highest BCUT2D eigenvalue weighted by Gasteiger charge is 2.26. The van der Waals surface area contributed by atoms with Crippen LogP contribution in [0.25, 0.3) is 16.6 Å². The maximum atomic E-state index is 13.1. The second kappa shape index (κ2) is 10.2. The van der Waals surface area contributed by atoms with Crippen LogP contribution < -0.4 is 4.18 Å². The number of aryl methyl sites for hydroxylation is 1. The molecule has 4 aromatic rings. The number of hydrogen-bond donors (Lipinski definition) is 0. The number of fused-ring (bicyclic) bond motifs is 1. The van der Waals surface area contributed by atoms with Gasteiger partial charge in [0.1, 0.15) is 10.6 Å². The maximum Gasteiger partial charge on any atom is 0.340 e. The van der Waals surface area contributed by atoms with Crippen molar-refractivity contribution in [3.8, 4) is 11.4 Å². The molecule has 0 spiro atoms. The number of carbonyl (C=O) groups excluding carboxylic acids is 1. The molecule has 0 radical (unpaired) electrons. The third-order valence-electron chi connectivity index (χ3n) is 5.34. The molecule has 35 heavy (non-hydrogen) atoms. The summed E-state index contributed by atoms with van der Waals surface area (Å²) < 4.78 is 38.3. The van der Waals surface area contributed by atoms with E-state index in [1.807, 2.05) is 41.8 Å². The van der Waals surface area contributed by atoms with Gasteiger partial charge in [0.05, 0.1) is 35.1 Å². The Bertz CT molecular complexity index is 1540. The molecular formula is C26H22N2O5S2. The van der Waals surface area contributed by atoms with E-state index in [-0.39, 0.29) is 29.4 Å². The van der Waals surface area contributed by atoms with Crippen LogP contribution in [0.2, 0.25) is 0 Å². The predicted octanol–water partition coefficient (Wildman–Crippen LogP) is 5.49. The van der Waals surface area contributed by atoms with Gasteiger partial charge in [0.2, 0.25) is 0 Å². The van der Waals surface area contributed by atoms with Gasteiger partial charge >= 0.3 is 16.1 Å². The van der Waals surface area contributed by atoms with Gasteiger partial charge in [-0.15, -0.1) is 0 Å². The Labute approximate surface area is 208 Å². The molecule has 0 saturated heterocycles. The van der Waals surface area contributed by atoms with Crippen molar-refractivity contribution in [2.75, 3.05) is 6.61 Å². The fourth-order valence-electron chi connectivity index (χ4n) is 3.81. The summed E-state index contributed by atoms with van der Waals surface area (Å²) in [4.78, 5) is 17.2. The van der Waals surface area contributed by atoms with Gasteiger partial charge in [-0.05, 0) is 68.5 Å². The molecule has 3 aromatic carbocycles. The molecule has 1 aromatic heterocycles. The monoisotopic (exact) mass is 506 g/mol. The zero-order chi connectivity index (χ0) is 25.0. The summed E-state index contributed by atoms with van der Waals surface area (Å²) in [5, 5.41) is 2.81. The molecule has 0 aliphatic rings. The van der Waals surface area contributed by atoms with Crippen molar-refractivity contribution < 1.29 is 22.1 Å². The Hall–Kier alpha value is -3.78. The van der Waals surface area contributed by atoms with Crippen molar-refractivity contribution in [1.29, 1.82) is 0 Å². The molecule has 4 rings (SSSR count). The molecule has 0 N–H and O–H groups in total. The number of hydrogen-bond acceptors (Lipinski definition) is 7. The molecule has 0 aliphatic carbocycles. The molecule has 7 nitrogen and oxygen atoms in total. The highest BCUT2D eigenvalue weighted by molar-refractivity contribution is 7.87. The van der Waals surface area contributed by atoms with Crippen molar-refractivity contribution in [3.63, 3.8) is 0 Å². The van der Waals surface area contributed by atoms with Gasteiger partial charge in [-0.1, -0.05) is 35.9 Å². The SMILES string of the molecule is CCOC(=O)c1c(CN=C=S)n(-c2ccccc2)c2ccc(OS(=O)(=O)c3ccc(C)cc3)cc12. The van der Waals surface area contributed by atoms with Crippen LogP contribution in [-0.4, -0.2) is 30.7 Å². The molecule has 1 heterocycles.